The SMILES string of the molecule is COCCN(CCBr)CCCSC. The van der Waals surface area contributed by atoms with Crippen LogP contribution in [0.25, 0.3) is 0 Å². The van der Waals surface area contributed by atoms with Gasteiger partial charge in [-0.15, -0.1) is 0 Å². The van der Waals surface area contributed by atoms with Crippen molar-refractivity contribution in [1.29, 1.82) is 0 Å². The molecule has 13 heavy (non-hydrogen) atoms. The molecule has 0 aliphatic rings. The van der Waals surface area contributed by atoms with Crippen LogP contribution in [0, 0.1) is 0 Å². The summed E-state index contributed by atoms with van der Waals surface area (Å²) in [4.78, 5) is 2.44. The van der Waals surface area contributed by atoms with Gasteiger partial charge < -0.3 is 9.64 Å². The van der Waals surface area contributed by atoms with Gasteiger partial charge in [0.15, 0.2) is 0 Å². The fourth-order valence-corrected chi connectivity index (χ4v) is 2.03. The second-order valence-corrected chi connectivity index (χ2v) is 4.65. The van der Waals surface area contributed by atoms with E-state index < -0.39 is 0 Å². The minimum Gasteiger partial charge on any atom is -0.383 e. The van der Waals surface area contributed by atoms with Crippen molar-refractivity contribution in [2.24, 2.45) is 0 Å². The summed E-state index contributed by atoms with van der Waals surface area (Å²) in [7, 11) is 1.76. The van der Waals surface area contributed by atoms with Crippen LogP contribution in [0.1, 0.15) is 6.42 Å². The summed E-state index contributed by atoms with van der Waals surface area (Å²) in [5.41, 5.74) is 0. The normalized spacial score (nSPS) is 11.1. The topological polar surface area (TPSA) is 12.5 Å². The van der Waals surface area contributed by atoms with Gasteiger partial charge in [-0.1, -0.05) is 15.9 Å². The van der Waals surface area contributed by atoms with Gasteiger partial charge in [0.1, 0.15) is 0 Å². The number of hydrogen-bond acceptors (Lipinski definition) is 3. The molecule has 0 atom stereocenters. The molecule has 0 spiro atoms. The molecule has 0 saturated heterocycles. The number of hydrogen-bond donors (Lipinski definition) is 0. The molecular formula is C9H20BrNOS. The molecular weight excluding hydrogens is 250 g/mol. The number of thioether (sulfide) groups is 1. The maximum absolute atomic E-state index is 5.06. The van der Waals surface area contributed by atoms with Crippen LogP contribution in [-0.2, 0) is 4.74 Å². The van der Waals surface area contributed by atoms with Crippen LogP contribution in [0.4, 0.5) is 0 Å². The van der Waals surface area contributed by atoms with Gasteiger partial charge in [0.25, 0.3) is 0 Å². The molecule has 0 rings (SSSR count). The highest BCUT2D eigenvalue weighted by Crippen LogP contribution is 1.99. The summed E-state index contributed by atoms with van der Waals surface area (Å²) in [5.74, 6) is 1.26. The molecule has 0 saturated carbocycles. The van der Waals surface area contributed by atoms with Crippen molar-refractivity contribution in [3.63, 3.8) is 0 Å². The van der Waals surface area contributed by atoms with E-state index in [2.05, 4.69) is 27.1 Å². The molecule has 0 unspecified atom stereocenters. The maximum atomic E-state index is 5.06. The first-order chi connectivity index (χ1) is 6.35. The minimum absolute atomic E-state index is 0.840. The van der Waals surface area contributed by atoms with Gasteiger partial charge >= 0.3 is 0 Å². The van der Waals surface area contributed by atoms with Gasteiger partial charge in [0, 0.05) is 25.5 Å². The molecule has 0 amide bonds. The number of methoxy groups -OCH3 is 1. The van der Waals surface area contributed by atoms with E-state index in [1.54, 1.807) is 7.11 Å². The Bertz CT molecular complexity index is 106. The number of ether oxygens (including phenoxy) is 1. The Labute approximate surface area is 94.5 Å². The van der Waals surface area contributed by atoms with E-state index in [1.807, 2.05) is 11.8 Å². The lowest BCUT2D eigenvalue weighted by atomic mass is 10.4. The molecule has 0 N–H and O–H groups in total. The zero-order valence-corrected chi connectivity index (χ0v) is 11.0. The summed E-state index contributed by atoms with van der Waals surface area (Å²) >= 11 is 5.38. The Balaban J connectivity index is 3.41. The Morgan fingerprint density at radius 1 is 1.31 bits per heavy atom. The quantitative estimate of drug-likeness (QED) is 0.470. The summed E-state index contributed by atoms with van der Waals surface area (Å²) < 4.78 is 5.06. The molecule has 0 aliphatic carbocycles. The van der Waals surface area contributed by atoms with E-state index in [0.29, 0.717) is 0 Å². The predicted molar refractivity (Wildman–Crippen MR) is 65.1 cm³/mol. The average molecular weight is 270 g/mol. The molecule has 0 bridgehead atoms. The van der Waals surface area contributed by atoms with Crippen molar-refractivity contribution >= 4 is 27.7 Å². The van der Waals surface area contributed by atoms with Crippen molar-refractivity contribution in [2.45, 2.75) is 6.42 Å². The van der Waals surface area contributed by atoms with E-state index in [0.717, 1.165) is 25.0 Å². The third-order valence-electron chi connectivity index (χ3n) is 1.84. The number of halogens is 1. The summed E-state index contributed by atoms with van der Waals surface area (Å²) in [5, 5.41) is 1.05. The third-order valence-corrected chi connectivity index (χ3v) is 2.89. The molecule has 4 heteroatoms. The maximum Gasteiger partial charge on any atom is 0.0589 e. The first-order valence-corrected chi connectivity index (χ1v) is 7.13. The van der Waals surface area contributed by atoms with Crippen LogP contribution in [-0.4, -0.2) is 55.6 Å². The van der Waals surface area contributed by atoms with Crippen molar-refractivity contribution in [3.05, 3.63) is 0 Å². The second kappa shape index (κ2) is 10.8. The number of nitrogens with zero attached hydrogens (tertiary/aromatic N) is 1. The first kappa shape index (κ1) is 13.8. The van der Waals surface area contributed by atoms with Gasteiger partial charge in [0.05, 0.1) is 6.61 Å². The Kier molecular flexibility index (Phi) is 11.5. The van der Waals surface area contributed by atoms with Crippen LogP contribution in [0.15, 0.2) is 0 Å². The van der Waals surface area contributed by atoms with Gasteiger partial charge in [-0.2, -0.15) is 11.8 Å². The third kappa shape index (κ3) is 9.06. The van der Waals surface area contributed by atoms with Crippen molar-refractivity contribution in [1.82, 2.24) is 4.90 Å². The van der Waals surface area contributed by atoms with Crippen molar-refractivity contribution in [2.75, 3.05) is 50.7 Å². The van der Waals surface area contributed by atoms with E-state index in [-0.39, 0.29) is 0 Å². The molecule has 0 radical (unpaired) electrons. The highest BCUT2D eigenvalue weighted by Gasteiger charge is 2.02. The lowest BCUT2D eigenvalue weighted by Gasteiger charge is -2.20. The first-order valence-electron chi connectivity index (χ1n) is 4.61. The predicted octanol–water partition coefficient (Wildman–Crippen LogP) is 2.08. The standard InChI is InChI=1S/C9H20BrNOS/c1-12-8-7-11(6-4-10)5-3-9-13-2/h3-9H2,1-2H3. The Hall–Kier alpha value is 0.750. The monoisotopic (exact) mass is 269 g/mol. The van der Waals surface area contributed by atoms with E-state index in [4.69, 9.17) is 4.74 Å². The molecule has 0 aromatic heterocycles. The number of rotatable bonds is 9. The fraction of sp³-hybridized carbons (Fsp3) is 1.00. The number of alkyl halides is 1. The fourth-order valence-electron chi connectivity index (χ4n) is 1.11. The van der Waals surface area contributed by atoms with Gasteiger partial charge in [-0.3, -0.25) is 0 Å². The lowest BCUT2D eigenvalue weighted by Crippen LogP contribution is -2.30. The van der Waals surface area contributed by atoms with Crippen molar-refractivity contribution < 1.29 is 4.74 Å². The van der Waals surface area contributed by atoms with E-state index >= 15 is 0 Å². The van der Waals surface area contributed by atoms with Crippen LogP contribution in [0.3, 0.4) is 0 Å². The summed E-state index contributed by atoms with van der Waals surface area (Å²) in [6.07, 6.45) is 3.43. The summed E-state index contributed by atoms with van der Waals surface area (Å²) in [6.45, 7) is 4.20. The smallest absolute Gasteiger partial charge is 0.0589 e. The van der Waals surface area contributed by atoms with Crippen LogP contribution < -0.4 is 0 Å². The Morgan fingerprint density at radius 2 is 2.08 bits per heavy atom. The molecule has 0 aromatic carbocycles. The van der Waals surface area contributed by atoms with Crippen molar-refractivity contribution in [3.8, 4) is 0 Å². The molecule has 80 valence electrons. The molecule has 0 heterocycles. The van der Waals surface area contributed by atoms with Crippen LogP contribution in [0.5, 0.6) is 0 Å². The Morgan fingerprint density at radius 3 is 2.62 bits per heavy atom. The summed E-state index contributed by atoms with van der Waals surface area (Å²) in [6, 6.07) is 0. The average Bonchev–Trinajstić information content (AvgIpc) is 2.14. The van der Waals surface area contributed by atoms with E-state index in [1.165, 1.54) is 18.7 Å². The zero-order chi connectivity index (χ0) is 9.94. The van der Waals surface area contributed by atoms with E-state index in [9.17, 15) is 0 Å². The highest BCUT2D eigenvalue weighted by atomic mass is 79.9. The van der Waals surface area contributed by atoms with Gasteiger partial charge in [-0.25, -0.2) is 0 Å². The largest absolute Gasteiger partial charge is 0.383 e. The molecule has 0 aromatic rings. The molecule has 0 aliphatic heterocycles. The molecule has 0 fully saturated rings. The second-order valence-electron chi connectivity index (χ2n) is 2.87. The van der Waals surface area contributed by atoms with Gasteiger partial charge in [0.2, 0.25) is 0 Å². The molecule has 2 nitrogen and oxygen atoms in total. The van der Waals surface area contributed by atoms with Crippen LogP contribution in [0.2, 0.25) is 0 Å². The highest BCUT2D eigenvalue weighted by molar-refractivity contribution is 9.09. The minimum atomic E-state index is 0.840. The van der Waals surface area contributed by atoms with Gasteiger partial charge in [-0.05, 0) is 25.0 Å². The van der Waals surface area contributed by atoms with Crippen LogP contribution >= 0.6 is 27.7 Å². The lowest BCUT2D eigenvalue weighted by molar-refractivity contribution is 0.152. The zero-order valence-electron chi connectivity index (χ0n) is 8.59.